The lowest BCUT2D eigenvalue weighted by Gasteiger charge is -2.35. The van der Waals surface area contributed by atoms with Crippen LogP contribution in [0.4, 0.5) is 9.93 Å². The van der Waals surface area contributed by atoms with E-state index in [0.717, 1.165) is 31.5 Å². The topological polar surface area (TPSA) is 68.5 Å². The fraction of sp³-hybridized carbons (Fsp3) is 0.600. The van der Waals surface area contributed by atoms with Crippen LogP contribution in [0.25, 0.3) is 6.08 Å². The number of hydrogen-bond acceptors (Lipinski definition) is 5. The first-order valence-corrected chi connectivity index (χ1v) is 8.12. The molecule has 2 heterocycles. The Morgan fingerprint density at radius 3 is 2.90 bits per heavy atom. The number of rotatable bonds is 2. The van der Waals surface area contributed by atoms with Gasteiger partial charge < -0.3 is 15.4 Å². The summed E-state index contributed by atoms with van der Waals surface area (Å²) >= 11 is 1.42. The van der Waals surface area contributed by atoms with Crippen LogP contribution in [0, 0.1) is 0 Å². The van der Waals surface area contributed by atoms with Crippen molar-refractivity contribution in [2.24, 2.45) is 0 Å². The first kappa shape index (κ1) is 15.8. The van der Waals surface area contributed by atoms with Gasteiger partial charge in [0, 0.05) is 11.9 Å². The molecule has 0 bridgehead atoms. The number of hydrogen-bond donors (Lipinski definition) is 1. The van der Waals surface area contributed by atoms with Crippen LogP contribution in [0.3, 0.4) is 0 Å². The highest BCUT2D eigenvalue weighted by molar-refractivity contribution is 7.13. The van der Waals surface area contributed by atoms with E-state index in [9.17, 15) is 4.79 Å². The predicted octanol–water partition coefficient (Wildman–Crippen LogP) is 3.53. The molecule has 2 N–H and O–H groups in total. The Hall–Kier alpha value is -1.56. The van der Waals surface area contributed by atoms with Crippen LogP contribution in [0.2, 0.25) is 0 Å². The van der Waals surface area contributed by atoms with Crippen molar-refractivity contribution in [3.8, 4) is 0 Å². The zero-order chi connectivity index (χ0) is 15.5. The zero-order valence-corrected chi connectivity index (χ0v) is 13.7. The van der Waals surface area contributed by atoms with Gasteiger partial charge in [-0.1, -0.05) is 6.08 Å². The number of anilines is 1. The third-order valence-electron chi connectivity index (χ3n) is 3.21. The van der Waals surface area contributed by atoms with Crippen LogP contribution in [0.5, 0.6) is 0 Å². The van der Waals surface area contributed by atoms with Crippen LogP contribution < -0.4 is 5.73 Å². The van der Waals surface area contributed by atoms with Crippen LogP contribution in [-0.4, -0.2) is 34.2 Å². The summed E-state index contributed by atoms with van der Waals surface area (Å²) in [6.07, 6.45) is 6.81. The minimum absolute atomic E-state index is 0.0662. The second kappa shape index (κ2) is 6.47. The number of nitrogens with two attached hydrogens (primary N) is 1. The molecule has 1 aromatic heterocycles. The van der Waals surface area contributed by atoms with Crippen molar-refractivity contribution in [2.75, 3.05) is 12.3 Å². The van der Waals surface area contributed by atoms with Gasteiger partial charge in [0.05, 0.1) is 11.7 Å². The van der Waals surface area contributed by atoms with E-state index in [1.807, 2.05) is 38.3 Å². The number of aromatic nitrogens is 1. The van der Waals surface area contributed by atoms with Crippen LogP contribution in [0.1, 0.15) is 45.7 Å². The van der Waals surface area contributed by atoms with Crippen molar-refractivity contribution < 1.29 is 9.53 Å². The number of carbonyl (C=O) groups is 1. The molecule has 0 aromatic carbocycles. The molecule has 2 rings (SSSR count). The fourth-order valence-corrected chi connectivity index (χ4v) is 2.82. The molecule has 1 amide bonds. The van der Waals surface area contributed by atoms with E-state index in [4.69, 9.17) is 10.5 Å². The molecule has 1 fully saturated rings. The monoisotopic (exact) mass is 309 g/mol. The highest BCUT2D eigenvalue weighted by atomic mass is 32.1. The number of piperidine rings is 1. The summed E-state index contributed by atoms with van der Waals surface area (Å²) in [5, 5.41) is 2.47. The van der Waals surface area contributed by atoms with Gasteiger partial charge in [0.1, 0.15) is 5.60 Å². The smallest absolute Gasteiger partial charge is 0.410 e. The lowest BCUT2D eigenvalue weighted by atomic mass is 10.0. The molecule has 0 spiro atoms. The average Bonchev–Trinajstić information content (AvgIpc) is 2.80. The number of thiazole rings is 1. The number of carbonyl (C=O) groups excluding carboxylic acids is 1. The van der Waals surface area contributed by atoms with Gasteiger partial charge in [-0.15, -0.1) is 11.3 Å². The fourth-order valence-electron chi connectivity index (χ4n) is 2.29. The SMILES string of the molecule is CC(C)(C)OC(=O)N1CCCCC1C=Cc1csc(N)n1. The van der Waals surface area contributed by atoms with E-state index in [-0.39, 0.29) is 12.1 Å². The van der Waals surface area contributed by atoms with Gasteiger partial charge in [-0.05, 0) is 46.1 Å². The van der Waals surface area contributed by atoms with Crippen LogP contribution >= 0.6 is 11.3 Å². The molecule has 0 radical (unpaired) electrons. The summed E-state index contributed by atoms with van der Waals surface area (Å²) in [5.74, 6) is 0. The Morgan fingerprint density at radius 1 is 1.52 bits per heavy atom. The minimum atomic E-state index is -0.466. The highest BCUT2D eigenvalue weighted by Crippen LogP contribution is 2.22. The molecule has 1 atom stereocenters. The third kappa shape index (κ3) is 4.74. The highest BCUT2D eigenvalue weighted by Gasteiger charge is 2.28. The number of nitrogen functional groups attached to an aromatic ring is 1. The number of ether oxygens (including phenoxy) is 1. The summed E-state index contributed by atoms with van der Waals surface area (Å²) in [4.78, 5) is 18.3. The Morgan fingerprint density at radius 2 is 2.29 bits per heavy atom. The van der Waals surface area contributed by atoms with Crippen molar-refractivity contribution in [2.45, 2.75) is 51.7 Å². The predicted molar refractivity (Wildman–Crippen MR) is 86.1 cm³/mol. The normalized spacial score (nSPS) is 20.0. The van der Waals surface area contributed by atoms with Gasteiger partial charge in [-0.2, -0.15) is 0 Å². The second-order valence-electron chi connectivity index (χ2n) is 6.21. The van der Waals surface area contributed by atoms with Crippen molar-refractivity contribution >= 4 is 28.6 Å². The quantitative estimate of drug-likeness (QED) is 0.907. The van der Waals surface area contributed by atoms with Gasteiger partial charge >= 0.3 is 6.09 Å². The Balaban J connectivity index is 2.05. The average molecular weight is 309 g/mol. The molecular weight excluding hydrogens is 286 g/mol. The van der Waals surface area contributed by atoms with Gasteiger partial charge in [0.25, 0.3) is 0 Å². The maximum Gasteiger partial charge on any atom is 0.410 e. The molecule has 21 heavy (non-hydrogen) atoms. The number of amides is 1. The molecule has 1 aliphatic heterocycles. The van der Waals surface area contributed by atoms with E-state index in [0.29, 0.717) is 5.13 Å². The van der Waals surface area contributed by atoms with Gasteiger partial charge in [-0.3, -0.25) is 0 Å². The van der Waals surface area contributed by atoms with Crippen LogP contribution in [-0.2, 0) is 4.74 Å². The first-order valence-electron chi connectivity index (χ1n) is 7.24. The van der Waals surface area contributed by atoms with Crippen molar-refractivity contribution in [1.82, 2.24) is 9.88 Å². The van der Waals surface area contributed by atoms with Gasteiger partial charge in [-0.25, -0.2) is 9.78 Å². The van der Waals surface area contributed by atoms with E-state index >= 15 is 0 Å². The minimum Gasteiger partial charge on any atom is -0.444 e. The molecule has 5 nitrogen and oxygen atoms in total. The third-order valence-corrected chi connectivity index (χ3v) is 3.90. The summed E-state index contributed by atoms with van der Waals surface area (Å²) in [5.41, 5.74) is 6.00. The number of nitrogens with zero attached hydrogens (tertiary/aromatic N) is 2. The molecule has 0 saturated carbocycles. The molecule has 116 valence electrons. The van der Waals surface area contributed by atoms with Gasteiger partial charge in [0.2, 0.25) is 0 Å². The molecule has 0 aliphatic carbocycles. The first-order chi connectivity index (χ1) is 9.85. The molecular formula is C15H23N3O2S. The maximum atomic E-state index is 12.3. The maximum absolute atomic E-state index is 12.3. The summed E-state index contributed by atoms with van der Waals surface area (Å²) in [6, 6.07) is 0.0662. The standard InChI is InChI=1S/C15H23N3O2S/c1-15(2,3)20-14(19)18-9-5-4-6-12(18)8-7-11-10-21-13(16)17-11/h7-8,10,12H,4-6,9H2,1-3H3,(H2,16,17). The van der Waals surface area contributed by atoms with Crippen LogP contribution in [0.15, 0.2) is 11.5 Å². The summed E-state index contributed by atoms with van der Waals surface area (Å²) < 4.78 is 5.48. The summed E-state index contributed by atoms with van der Waals surface area (Å²) in [6.45, 7) is 6.40. The van der Waals surface area contributed by atoms with E-state index in [1.54, 1.807) is 4.90 Å². The van der Waals surface area contributed by atoms with E-state index in [2.05, 4.69) is 4.98 Å². The lowest BCUT2D eigenvalue weighted by Crippen LogP contribution is -2.45. The molecule has 1 aliphatic rings. The Kier molecular flexibility index (Phi) is 4.88. The summed E-state index contributed by atoms with van der Waals surface area (Å²) in [7, 11) is 0. The van der Waals surface area contributed by atoms with E-state index < -0.39 is 5.60 Å². The van der Waals surface area contributed by atoms with E-state index in [1.165, 1.54) is 11.3 Å². The molecule has 1 aromatic rings. The van der Waals surface area contributed by atoms with Crippen molar-refractivity contribution in [3.63, 3.8) is 0 Å². The molecule has 1 unspecified atom stereocenters. The number of likely N-dealkylation sites (tertiary alicyclic amines) is 1. The molecule has 6 heteroatoms. The Labute approximate surface area is 129 Å². The van der Waals surface area contributed by atoms with Crippen molar-refractivity contribution in [3.05, 3.63) is 17.2 Å². The zero-order valence-electron chi connectivity index (χ0n) is 12.8. The second-order valence-corrected chi connectivity index (χ2v) is 7.10. The lowest BCUT2D eigenvalue weighted by molar-refractivity contribution is 0.0150. The largest absolute Gasteiger partial charge is 0.444 e. The van der Waals surface area contributed by atoms with Gasteiger partial charge in [0.15, 0.2) is 5.13 Å². The van der Waals surface area contributed by atoms with Crippen molar-refractivity contribution in [1.29, 1.82) is 0 Å². The molecule has 1 saturated heterocycles. The Bertz CT molecular complexity index is 519.